The summed E-state index contributed by atoms with van der Waals surface area (Å²) in [6.07, 6.45) is 1.46. The third kappa shape index (κ3) is 4.34. The van der Waals surface area contributed by atoms with Crippen LogP contribution >= 0.6 is 0 Å². The second-order valence-corrected chi connectivity index (χ2v) is 6.89. The molecule has 6 nitrogen and oxygen atoms in total. The number of allylic oxidation sites excluding steroid dienone is 1. The molecule has 0 saturated heterocycles. The first-order chi connectivity index (χ1) is 13.5. The average molecular weight is 382 g/mol. The number of ether oxygens (including phenoxy) is 2. The molecule has 28 heavy (non-hydrogen) atoms. The third-order valence-electron chi connectivity index (χ3n) is 5.05. The van der Waals surface area contributed by atoms with Crippen molar-refractivity contribution in [3.05, 3.63) is 83.8 Å². The summed E-state index contributed by atoms with van der Waals surface area (Å²) in [7, 11) is 0. The fourth-order valence-corrected chi connectivity index (χ4v) is 3.61. The van der Waals surface area contributed by atoms with Crippen molar-refractivity contribution in [1.82, 2.24) is 0 Å². The standard InChI is InChI=1S/C22H22O6/c23-20(24)19(11-16-7-3-1-4-8-16)22(21(25)26,13-18-14-27-15-28-18)12-17-9-5-2-6-10-17/h1-10,14,19H,11-13,15H2,(H,23,24)(H,25,26). The molecule has 0 radical (unpaired) electrons. The molecule has 2 N–H and O–H groups in total. The highest BCUT2D eigenvalue weighted by Crippen LogP contribution is 2.42. The van der Waals surface area contributed by atoms with Crippen LogP contribution < -0.4 is 0 Å². The van der Waals surface area contributed by atoms with Crippen LogP contribution in [0.15, 0.2) is 72.7 Å². The van der Waals surface area contributed by atoms with Crippen LogP contribution in [-0.2, 0) is 31.9 Å². The molecule has 0 bridgehead atoms. The van der Waals surface area contributed by atoms with Gasteiger partial charge in [-0.1, -0.05) is 60.7 Å². The van der Waals surface area contributed by atoms with Gasteiger partial charge in [-0.05, 0) is 24.0 Å². The van der Waals surface area contributed by atoms with E-state index in [-0.39, 0.29) is 26.1 Å². The zero-order valence-electron chi connectivity index (χ0n) is 15.3. The molecule has 0 aromatic heterocycles. The van der Waals surface area contributed by atoms with Crippen LogP contribution in [-0.4, -0.2) is 28.9 Å². The smallest absolute Gasteiger partial charge is 0.311 e. The minimum atomic E-state index is -1.59. The van der Waals surface area contributed by atoms with Gasteiger partial charge < -0.3 is 19.7 Å². The molecule has 146 valence electrons. The first kappa shape index (κ1) is 19.5. The molecule has 1 heterocycles. The molecule has 1 aliphatic heterocycles. The molecular weight excluding hydrogens is 360 g/mol. The van der Waals surface area contributed by atoms with Gasteiger partial charge in [0.25, 0.3) is 0 Å². The summed E-state index contributed by atoms with van der Waals surface area (Å²) in [5, 5.41) is 20.3. The Morgan fingerprint density at radius 2 is 1.54 bits per heavy atom. The predicted octanol–water partition coefficient (Wildman–Crippen LogP) is 3.48. The molecule has 2 atom stereocenters. The minimum Gasteiger partial charge on any atom is -0.481 e. The average Bonchev–Trinajstić information content (AvgIpc) is 3.20. The monoisotopic (exact) mass is 382 g/mol. The summed E-state index contributed by atoms with van der Waals surface area (Å²) >= 11 is 0. The maximum absolute atomic E-state index is 12.6. The molecule has 0 saturated carbocycles. The van der Waals surface area contributed by atoms with Crippen LogP contribution in [0.5, 0.6) is 0 Å². The largest absolute Gasteiger partial charge is 0.481 e. The van der Waals surface area contributed by atoms with E-state index >= 15 is 0 Å². The number of carbonyl (C=O) groups is 2. The third-order valence-corrected chi connectivity index (χ3v) is 5.05. The second-order valence-electron chi connectivity index (χ2n) is 6.89. The highest BCUT2D eigenvalue weighted by atomic mass is 16.7. The van der Waals surface area contributed by atoms with Crippen LogP contribution in [0.25, 0.3) is 0 Å². The zero-order valence-corrected chi connectivity index (χ0v) is 15.3. The van der Waals surface area contributed by atoms with Crippen molar-refractivity contribution >= 4 is 11.9 Å². The first-order valence-electron chi connectivity index (χ1n) is 8.99. The topological polar surface area (TPSA) is 93.1 Å². The molecule has 2 unspecified atom stereocenters. The number of hydrogen-bond donors (Lipinski definition) is 2. The van der Waals surface area contributed by atoms with Crippen LogP contribution in [0.3, 0.4) is 0 Å². The van der Waals surface area contributed by atoms with Crippen LogP contribution in [0.4, 0.5) is 0 Å². The van der Waals surface area contributed by atoms with Crippen molar-refractivity contribution < 1.29 is 29.3 Å². The second kappa shape index (κ2) is 8.61. The number of carboxylic acid groups (broad SMARTS) is 2. The number of rotatable bonds is 9. The van der Waals surface area contributed by atoms with Gasteiger partial charge >= 0.3 is 11.9 Å². The lowest BCUT2D eigenvalue weighted by Crippen LogP contribution is -2.46. The van der Waals surface area contributed by atoms with Gasteiger partial charge in [0.05, 0.1) is 11.3 Å². The van der Waals surface area contributed by atoms with Gasteiger partial charge in [-0.3, -0.25) is 9.59 Å². The van der Waals surface area contributed by atoms with Crippen LogP contribution in [0, 0.1) is 11.3 Å². The molecule has 0 fully saturated rings. The Hall–Kier alpha value is -3.28. The van der Waals surface area contributed by atoms with Gasteiger partial charge in [-0.2, -0.15) is 0 Å². The van der Waals surface area contributed by atoms with Crippen molar-refractivity contribution in [3.8, 4) is 0 Å². The lowest BCUT2D eigenvalue weighted by Gasteiger charge is -2.35. The van der Waals surface area contributed by atoms with Crippen molar-refractivity contribution in [3.63, 3.8) is 0 Å². The molecule has 1 aliphatic rings. The predicted molar refractivity (Wildman–Crippen MR) is 101 cm³/mol. The first-order valence-corrected chi connectivity index (χ1v) is 8.99. The number of carboxylic acids is 2. The van der Waals surface area contributed by atoms with Crippen molar-refractivity contribution in [2.24, 2.45) is 11.3 Å². The fourth-order valence-electron chi connectivity index (χ4n) is 3.61. The number of benzene rings is 2. The lowest BCUT2D eigenvalue weighted by atomic mass is 9.66. The Balaban J connectivity index is 2.04. The van der Waals surface area contributed by atoms with Gasteiger partial charge in [-0.25, -0.2) is 0 Å². The molecular formula is C22H22O6. The van der Waals surface area contributed by atoms with E-state index in [0.717, 1.165) is 11.1 Å². The maximum Gasteiger partial charge on any atom is 0.311 e. The summed E-state index contributed by atoms with van der Waals surface area (Å²) in [5.41, 5.74) is -0.0716. The Kier molecular flexibility index (Phi) is 5.99. The number of hydrogen-bond acceptors (Lipinski definition) is 4. The normalized spacial score (nSPS) is 16.2. The van der Waals surface area contributed by atoms with E-state index in [2.05, 4.69) is 0 Å². The van der Waals surface area contributed by atoms with Gasteiger partial charge in [0.15, 0.2) is 0 Å². The molecule has 6 heteroatoms. The highest BCUT2D eigenvalue weighted by molar-refractivity contribution is 5.84. The van der Waals surface area contributed by atoms with Crippen molar-refractivity contribution in [2.45, 2.75) is 19.3 Å². The Bertz CT molecular complexity index is 846. The maximum atomic E-state index is 12.6. The molecule has 2 aromatic rings. The fraction of sp³-hybridized carbons (Fsp3) is 0.273. The van der Waals surface area contributed by atoms with Crippen molar-refractivity contribution in [2.75, 3.05) is 6.79 Å². The van der Waals surface area contributed by atoms with Crippen LogP contribution in [0.1, 0.15) is 17.5 Å². The van der Waals surface area contributed by atoms with E-state index < -0.39 is 23.3 Å². The van der Waals surface area contributed by atoms with E-state index in [1.807, 2.05) is 36.4 Å². The van der Waals surface area contributed by atoms with Crippen LogP contribution in [0.2, 0.25) is 0 Å². The van der Waals surface area contributed by atoms with Gasteiger partial charge in [0.2, 0.25) is 6.79 Å². The lowest BCUT2D eigenvalue weighted by molar-refractivity contribution is -0.163. The van der Waals surface area contributed by atoms with E-state index in [1.54, 1.807) is 24.3 Å². The van der Waals surface area contributed by atoms with E-state index in [4.69, 9.17) is 9.47 Å². The molecule has 3 rings (SSSR count). The summed E-state index contributed by atoms with van der Waals surface area (Å²) in [4.78, 5) is 24.8. The zero-order chi connectivity index (χ0) is 20.0. The minimum absolute atomic E-state index is 0.00674. The molecule has 2 aromatic carbocycles. The van der Waals surface area contributed by atoms with Gasteiger partial charge in [0.1, 0.15) is 12.0 Å². The Labute approximate surface area is 163 Å². The van der Waals surface area contributed by atoms with Gasteiger partial charge in [-0.15, -0.1) is 0 Å². The van der Waals surface area contributed by atoms with Gasteiger partial charge in [0, 0.05) is 6.42 Å². The van der Waals surface area contributed by atoms with E-state index in [9.17, 15) is 19.8 Å². The number of aliphatic carboxylic acids is 2. The molecule has 0 aliphatic carbocycles. The molecule has 0 spiro atoms. The highest BCUT2D eigenvalue weighted by Gasteiger charge is 2.50. The quantitative estimate of drug-likeness (QED) is 0.690. The summed E-state index contributed by atoms with van der Waals surface area (Å²) in [6.45, 7) is 0.00674. The summed E-state index contributed by atoms with van der Waals surface area (Å²) in [6, 6.07) is 18.1. The van der Waals surface area contributed by atoms with E-state index in [0.29, 0.717) is 5.76 Å². The SMILES string of the molecule is O=C(O)C(Cc1ccccc1)C(CC1=COCO1)(Cc1ccccc1)C(=O)O. The van der Waals surface area contributed by atoms with E-state index in [1.165, 1.54) is 6.26 Å². The molecule has 0 amide bonds. The summed E-state index contributed by atoms with van der Waals surface area (Å²) in [5.74, 6) is -3.13. The summed E-state index contributed by atoms with van der Waals surface area (Å²) < 4.78 is 10.4. The Morgan fingerprint density at radius 3 is 2.04 bits per heavy atom. The van der Waals surface area contributed by atoms with Crippen molar-refractivity contribution in [1.29, 1.82) is 0 Å². The Morgan fingerprint density at radius 1 is 0.929 bits per heavy atom.